The number of nitro benzene ring substituents is 1. The summed E-state index contributed by atoms with van der Waals surface area (Å²) in [7, 11) is 0. The zero-order valence-corrected chi connectivity index (χ0v) is 15.2. The van der Waals surface area contributed by atoms with E-state index >= 15 is 0 Å². The monoisotopic (exact) mass is 364 g/mol. The molecule has 138 valence electrons. The summed E-state index contributed by atoms with van der Waals surface area (Å²) in [6.45, 7) is 4.18. The van der Waals surface area contributed by atoms with Crippen LogP contribution in [0.5, 0.6) is 0 Å². The van der Waals surface area contributed by atoms with Crippen molar-refractivity contribution in [1.29, 1.82) is 0 Å². The van der Waals surface area contributed by atoms with Gasteiger partial charge in [0, 0.05) is 47.0 Å². The van der Waals surface area contributed by atoms with E-state index in [0.717, 1.165) is 33.9 Å². The third kappa shape index (κ3) is 2.95. The number of anilines is 1. The van der Waals surface area contributed by atoms with E-state index in [1.54, 1.807) is 12.1 Å². The van der Waals surface area contributed by atoms with Crippen LogP contribution in [-0.2, 0) is 4.79 Å². The zero-order valence-electron chi connectivity index (χ0n) is 15.2. The molecule has 1 atom stereocenters. The molecule has 0 radical (unpaired) electrons. The second-order valence-electron chi connectivity index (χ2n) is 7.18. The summed E-state index contributed by atoms with van der Waals surface area (Å²) in [4.78, 5) is 22.9. The molecule has 1 aliphatic heterocycles. The lowest BCUT2D eigenvalue weighted by molar-refractivity contribution is -0.384. The van der Waals surface area contributed by atoms with Crippen molar-refractivity contribution < 1.29 is 9.72 Å². The molecule has 0 spiro atoms. The van der Waals surface area contributed by atoms with Crippen LogP contribution in [0.1, 0.15) is 55.3 Å². The molecule has 0 saturated heterocycles. The van der Waals surface area contributed by atoms with E-state index in [-0.39, 0.29) is 23.3 Å². The Balaban J connectivity index is 1.74. The molecule has 0 bridgehead atoms. The first-order valence-corrected chi connectivity index (χ1v) is 8.99. The van der Waals surface area contributed by atoms with E-state index in [0.29, 0.717) is 12.8 Å². The number of H-pyrrole nitrogens is 1. The van der Waals surface area contributed by atoms with Crippen molar-refractivity contribution in [2.24, 2.45) is 0 Å². The molecule has 4 rings (SSSR count). The molecule has 2 aromatic rings. The number of hydrogen-bond donors (Lipinski definition) is 2. The number of Topliss-reactive ketones (excluding diaryl/α,β-unsaturated/α-hetero) is 1. The van der Waals surface area contributed by atoms with Gasteiger partial charge in [-0.3, -0.25) is 20.0 Å². The summed E-state index contributed by atoms with van der Waals surface area (Å²) in [6, 6.07) is 6.38. The summed E-state index contributed by atoms with van der Waals surface area (Å²) >= 11 is 0. The number of aromatic amines is 1. The molecule has 1 aliphatic carbocycles. The van der Waals surface area contributed by atoms with Gasteiger partial charge in [-0.25, -0.2) is 0 Å². The summed E-state index contributed by atoms with van der Waals surface area (Å²) in [6.07, 6.45) is 5.14. The van der Waals surface area contributed by atoms with Gasteiger partial charge in [0.15, 0.2) is 11.6 Å². The molecule has 0 saturated carbocycles. The molecule has 27 heavy (non-hydrogen) atoms. The van der Waals surface area contributed by atoms with Crippen molar-refractivity contribution >= 4 is 23.4 Å². The van der Waals surface area contributed by atoms with Crippen LogP contribution in [0.25, 0.3) is 6.08 Å². The molecule has 7 heteroatoms. The van der Waals surface area contributed by atoms with Gasteiger partial charge in [0.2, 0.25) is 0 Å². The van der Waals surface area contributed by atoms with Gasteiger partial charge in [-0.05, 0) is 30.0 Å². The maximum absolute atomic E-state index is 12.5. The van der Waals surface area contributed by atoms with Crippen molar-refractivity contribution in [2.75, 3.05) is 5.32 Å². The number of aromatic nitrogens is 2. The van der Waals surface area contributed by atoms with Crippen LogP contribution < -0.4 is 5.32 Å². The fourth-order valence-corrected chi connectivity index (χ4v) is 3.78. The fraction of sp³-hybridized carbons (Fsp3) is 0.300. The van der Waals surface area contributed by atoms with Crippen LogP contribution in [-0.4, -0.2) is 20.9 Å². The topological polar surface area (TPSA) is 101 Å². The Morgan fingerprint density at radius 3 is 2.67 bits per heavy atom. The lowest BCUT2D eigenvalue weighted by atomic mass is 9.84. The highest BCUT2D eigenvalue weighted by Gasteiger charge is 2.37. The van der Waals surface area contributed by atoms with Gasteiger partial charge < -0.3 is 5.32 Å². The number of benzene rings is 1. The van der Waals surface area contributed by atoms with E-state index < -0.39 is 4.92 Å². The molecular weight excluding hydrogens is 344 g/mol. The number of hydrogen-bond acceptors (Lipinski definition) is 5. The molecule has 0 fully saturated rings. The minimum absolute atomic E-state index is 0.0594. The van der Waals surface area contributed by atoms with Gasteiger partial charge in [0.05, 0.1) is 4.92 Å². The fourth-order valence-electron chi connectivity index (χ4n) is 3.78. The Labute approximate surface area is 156 Å². The Kier molecular flexibility index (Phi) is 4.14. The molecule has 1 aromatic heterocycles. The van der Waals surface area contributed by atoms with Crippen molar-refractivity contribution in [3.05, 3.63) is 68.5 Å². The van der Waals surface area contributed by atoms with E-state index in [4.69, 9.17) is 0 Å². The van der Waals surface area contributed by atoms with Gasteiger partial charge in [0.1, 0.15) is 0 Å². The van der Waals surface area contributed by atoms with Crippen LogP contribution >= 0.6 is 0 Å². The number of nitrogens with zero attached hydrogens (tertiary/aromatic N) is 2. The number of rotatable bonds is 4. The van der Waals surface area contributed by atoms with Gasteiger partial charge in [-0.15, -0.1) is 0 Å². The third-order valence-electron chi connectivity index (χ3n) is 5.11. The first-order valence-electron chi connectivity index (χ1n) is 8.99. The second kappa shape index (κ2) is 6.50. The van der Waals surface area contributed by atoms with Gasteiger partial charge in [-0.1, -0.05) is 26.0 Å². The minimum Gasteiger partial charge on any atom is -0.342 e. The van der Waals surface area contributed by atoms with Crippen LogP contribution in [0.2, 0.25) is 0 Å². The van der Waals surface area contributed by atoms with Gasteiger partial charge in [-0.2, -0.15) is 5.10 Å². The number of non-ortho nitro benzene ring substituents is 1. The normalized spacial score (nSPS) is 18.8. The number of carbonyl (C=O) groups is 1. The van der Waals surface area contributed by atoms with E-state index in [1.807, 2.05) is 12.2 Å². The lowest BCUT2D eigenvalue weighted by Crippen LogP contribution is -2.17. The maximum Gasteiger partial charge on any atom is 0.269 e. The molecule has 7 nitrogen and oxygen atoms in total. The van der Waals surface area contributed by atoms with Crippen LogP contribution in [0.3, 0.4) is 0 Å². The lowest BCUT2D eigenvalue weighted by Gasteiger charge is -2.24. The number of nitrogens with one attached hydrogen (secondary N) is 2. The van der Waals surface area contributed by atoms with Crippen molar-refractivity contribution in [1.82, 2.24) is 10.2 Å². The molecule has 2 aliphatic rings. The van der Waals surface area contributed by atoms with Crippen molar-refractivity contribution in [2.45, 2.75) is 38.5 Å². The zero-order chi connectivity index (χ0) is 19.1. The molecule has 1 unspecified atom stereocenters. The van der Waals surface area contributed by atoms with Crippen LogP contribution in [0, 0.1) is 10.1 Å². The number of allylic oxidation sites excluding steroid dienone is 3. The largest absolute Gasteiger partial charge is 0.342 e. The highest BCUT2D eigenvalue weighted by molar-refractivity contribution is 6.02. The predicted octanol–water partition coefficient (Wildman–Crippen LogP) is 4.28. The van der Waals surface area contributed by atoms with E-state index in [9.17, 15) is 14.9 Å². The standard InChI is InChI=1S/C20H20N4O3/c1-11(2)19-18-14(8-5-12-3-6-13(7-4-12)24(26)27)17-15(9-10-16(17)25)21-20(18)23-22-19/h3-8,11,14H,9-10H2,1-2H3,(H2,21,22,23)/b8-5+. The molecule has 1 aromatic carbocycles. The SMILES string of the molecule is CC(C)c1[nH]nc2c1C(/C=C/c1ccc([N+](=O)[O-])cc1)C1=C(CCC1=O)N2. The average molecular weight is 364 g/mol. The highest BCUT2D eigenvalue weighted by atomic mass is 16.6. The van der Waals surface area contributed by atoms with Crippen molar-refractivity contribution in [3.63, 3.8) is 0 Å². The smallest absolute Gasteiger partial charge is 0.269 e. The first kappa shape index (κ1) is 17.2. The second-order valence-corrected chi connectivity index (χ2v) is 7.18. The Hall–Kier alpha value is -3.22. The summed E-state index contributed by atoms with van der Waals surface area (Å²) < 4.78 is 0. The molecule has 2 N–H and O–H groups in total. The molecule has 0 amide bonds. The molecular formula is C20H20N4O3. The number of ketones is 1. The average Bonchev–Trinajstić information content (AvgIpc) is 3.23. The minimum atomic E-state index is -0.415. The number of carbonyl (C=O) groups excluding carboxylic acids is 1. The molecule has 2 heterocycles. The quantitative estimate of drug-likeness (QED) is 0.623. The van der Waals surface area contributed by atoms with Gasteiger partial charge in [0.25, 0.3) is 5.69 Å². The number of nitro groups is 1. The Morgan fingerprint density at radius 1 is 1.26 bits per heavy atom. The maximum atomic E-state index is 12.5. The Morgan fingerprint density at radius 2 is 2.00 bits per heavy atom. The summed E-state index contributed by atoms with van der Waals surface area (Å²) in [5, 5.41) is 21.7. The van der Waals surface area contributed by atoms with E-state index in [2.05, 4.69) is 29.4 Å². The van der Waals surface area contributed by atoms with E-state index in [1.165, 1.54) is 12.1 Å². The first-order chi connectivity index (χ1) is 13.0. The van der Waals surface area contributed by atoms with Gasteiger partial charge >= 0.3 is 0 Å². The third-order valence-corrected chi connectivity index (χ3v) is 5.11. The highest BCUT2D eigenvalue weighted by Crippen LogP contribution is 2.45. The number of fused-ring (bicyclic) bond motifs is 1. The van der Waals surface area contributed by atoms with Crippen LogP contribution in [0.4, 0.5) is 11.5 Å². The summed E-state index contributed by atoms with van der Waals surface area (Å²) in [5.41, 5.74) is 4.70. The summed E-state index contributed by atoms with van der Waals surface area (Å²) in [5.74, 6) is 1.03. The van der Waals surface area contributed by atoms with Crippen molar-refractivity contribution in [3.8, 4) is 0 Å². The Bertz CT molecular complexity index is 983. The van der Waals surface area contributed by atoms with Crippen LogP contribution in [0.15, 0.2) is 41.6 Å². The predicted molar refractivity (Wildman–Crippen MR) is 102 cm³/mol.